The zero-order valence-corrected chi connectivity index (χ0v) is 11.7. The van der Waals surface area contributed by atoms with Crippen molar-refractivity contribution in [3.05, 3.63) is 41.6 Å². The number of anilines is 1. The van der Waals surface area contributed by atoms with Crippen molar-refractivity contribution in [2.75, 3.05) is 11.9 Å². The number of hydrogen-bond donors (Lipinski definition) is 2. The SMILES string of the molecule is O=C(O)c1cc2c(nc1NCCCn1ccnc1)CCC2. The molecular formula is C15H18N4O2. The van der Waals surface area contributed by atoms with Gasteiger partial charge in [-0.2, -0.15) is 0 Å². The Morgan fingerprint density at radius 1 is 1.43 bits per heavy atom. The van der Waals surface area contributed by atoms with Crippen LogP contribution in [-0.4, -0.2) is 32.2 Å². The number of aromatic carboxylic acids is 1. The van der Waals surface area contributed by atoms with Crippen molar-refractivity contribution in [2.24, 2.45) is 0 Å². The highest BCUT2D eigenvalue weighted by Crippen LogP contribution is 2.25. The fraction of sp³-hybridized carbons (Fsp3) is 0.400. The molecule has 6 nitrogen and oxygen atoms in total. The molecule has 0 saturated carbocycles. The van der Waals surface area contributed by atoms with Crippen molar-refractivity contribution < 1.29 is 9.90 Å². The van der Waals surface area contributed by atoms with Gasteiger partial charge in [-0.05, 0) is 37.3 Å². The van der Waals surface area contributed by atoms with Crippen LogP contribution in [0, 0.1) is 0 Å². The Morgan fingerprint density at radius 2 is 2.33 bits per heavy atom. The van der Waals surface area contributed by atoms with Crippen molar-refractivity contribution >= 4 is 11.8 Å². The van der Waals surface area contributed by atoms with Crippen molar-refractivity contribution in [3.8, 4) is 0 Å². The summed E-state index contributed by atoms with van der Waals surface area (Å²) in [4.78, 5) is 19.8. The lowest BCUT2D eigenvalue weighted by Crippen LogP contribution is -2.12. The van der Waals surface area contributed by atoms with Crippen LogP contribution in [0.15, 0.2) is 24.8 Å². The predicted molar refractivity (Wildman–Crippen MR) is 78.6 cm³/mol. The molecule has 0 amide bonds. The first-order valence-electron chi connectivity index (χ1n) is 7.20. The zero-order valence-electron chi connectivity index (χ0n) is 11.7. The molecule has 0 bridgehead atoms. The van der Waals surface area contributed by atoms with E-state index in [0.29, 0.717) is 12.4 Å². The second-order valence-corrected chi connectivity index (χ2v) is 5.23. The summed E-state index contributed by atoms with van der Waals surface area (Å²) < 4.78 is 2.00. The number of fused-ring (bicyclic) bond motifs is 1. The fourth-order valence-corrected chi connectivity index (χ4v) is 2.66. The van der Waals surface area contributed by atoms with Gasteiger partial charge in [-0.25, -0.2) is 14.8 Å². The molecule has 2 N–H and O–H groups in total. The molecule has 0 atom stereocenters. The second kappa shape index (κ2) is 5.95. The second-order valence-electron chi connectivity index (χ2n) is 5.23. The van der Waals surface area contributed by atoms with Crippen LogP contribution in [0.5, 0.6) is 0 Å². The van der Waals surface area contributed by atoms with Crippen molar-refractivity contribution in [2.45, 2.75) is 32.2 Å². The number of nitrogens with zero attached hydrogens (tertiary/aromatic N) is 3. The van der Waals surface area contributed by atoms with E-state index in [0.717, 1.165) is 43.5 Å². The van der Waals surface area contributed by atoms with Crippen LogP contribution < -0.4 is 5.32 Å². The molecule has 2 aromatic rings. The van der Waals surface area contributed by atoms with Crippen LogP contribution in [0.25, 0.3) is 0 Å². The highest BCUT2D eigenvalue weighted by molar-refractivity contribution is 5.93. The molecular weight excluding hydrogens is 268 g/mol. The van der Waals surface area contributed by atoms with Gasteiger partial charge in [0.2, 0.25) is 0 Å². The van der Waals surface area contributed by atoms with Gasteiger partial charge in [0.25, 0.3) is 0 Å². The number of imidazole rings is 1. The van der Waals surface area contributed by atoms with Crippen molar-refractivity contribution in [3.63, 3.8) is 0 Å². The highest BCUT2D eigenvalue weighted by Gasteiger charge is 2.19. The van der Waals surface area contributed by atoms with Gasteiger partial charge in [-0.15, -0.1) is 0 Å². The topological polar surface area (TPSA) is 80.0 Å². The minimum absolute atomic E-state index is 0.276. The Kier molecular flexibility index (Phi) is 3.85. The number of aryl methyl sites for hydroxylation is 3. The summed E-state index contributed by atoms with van der Waals surface area (Å²) >= 11 is 0. The maximum atomic E-state index is 11.3. The third-order valence-corrected chi connectivity index (χ3v) is 3.73. The number of nitrogens with one attached hydrogen (secondary N) is 1. The Hall–Kier alpha value is -2.37. The van der Waals surface area contributed by atoms with E-state index in [-0.39, 0.29) is 5.56 Å². The molecule has 3 rings (SSSR count). The summed E-state index contributed by atoms with van der Waals surface area (Å²) in [5, 5.41) is 12.5. The van der Waals surface area contributed by atoms with E-state index in [1.165, 1.54) is 0 Å². The molecule has 0 spiro atoms. The molecule has 110 valence electrons. The highest BCUT2D eigenvalue weighted by atomic mass is 16.4. The molecule has 0 aliphatic heterocycles. The van der Waals surface area contributed by atoms with Gasteiger partial charge in [0, 0.05) is 31.2 Å². The first-order valence-corrected chi connectivity index (χ1v) is 7.20. The first-order chi connectivity index (χ1) is 10.2. The van der Waals surface area contributed by atoms with Gasteiger partial charge >= 0.3 is 5.97 Å². The average Bonchev–Trinajstić information content (AvgIpc) is 3.13. The quantitative estimate of drug-likeness (QED) is 0.794. The maximum absolute atomic E-state index is 11.3. The fourth-order valence-electron chi connectivity index (χ4n) is 2.66. The molecule has 1 aliphatic rings. The summed E-state index contributed by atoms with van der Waals surface area (Å²) in [6.07, 6.45) is 9.26. The number of hydrogen-bond acceptors (Lipinski definition) is 4. The van der Waals surface area contributed by atoms with Crippen LogP contribution in [0.3, 0.4) is 0 Å². The standard InChI is InChI=1S/C15H18N4O2/c20-15(21)12-9-11-3-1-4-13(11)18-14(12)17-5-2-7-19-8-6-16-10-19/h6,8-10H,1-5,7H2,(H,17,18)(H,20,21). The van der Waals surface area contributed by atoms with Gasteiger partial charge in [-0.1, -0.05) is 0 Å². The van der Waals surface area contributed by atoms with Crippen molar-refractivity contribution in [1.82, 2.24) is 14.5 Å². The lowest BCUT2D eigenvalue weighted by molar-refractivity contribution is 0.0697. The first kappa shape index (κ1) is 13.6. The molecule has 2 heterocycles. The Labute approximate surface area is 122 Å². The van der Waals surface area contributed by atoms with Gasteiger partial charge < -0.3 is 15.0 Å². The number of carbonyl (C=O) groups is 1. The summed E-state index contributed by atoms with van der Waals surface area (Å²) in [7, 11) is 0. The van der Waals surface area contributed by atoms with E-state index in [9.17, 15) is 9.90 Å². The Morgan fingerprint density at radius 3 is 3.10 bits per heavy atom. The minimum atomic E-state index is -0.922. The number of pyridine rings is 1. The summed E-state index contributed by atoms with van der Waals surface area (Å²) in [5.74, 6) is -0.428. The molecule has 0 saturated heterocycles. The number of rotatable bonds is 6. The van der Waals surface area contributed by atoms with E-state index < -0.39 is 5.97 Å². The number of carboxylic acid groups (broad SMARTS) is 1. The van der Waals surface area contributed by atoms with Crippen LogP contribution >= 0.6 is 0 Å². The minimum Gasteiger partial charge on any atom is -0.478 e. The van der Waals surface area contributed by atoms with Crippen LogP contribution in [-0.2, 0) is 19.4 Å². The molecule has 0 fully saturated rings. The third kappa shape index (κ3) is 3.04. The summed E-state index contributed by atoms with van der Waals surface area (Å²) in [6, 6.07) is 1.77. The average molecular weight is 286 g/mol. The van der Waals surface area contributed by atoms with Gasteiger partial charge in [-0.3, -0.25) is 0 Å². The zero-order chi connectivity index (χ0) is 14.7. The summed E-state index contributed by atoms with van der Waals surface area (Å²) in [6.45, 7) is 1.53. The predicted octanol–water partition coefficient (Wildman–Crippen LogP) is 1.97. The van der Waals surface area contributed by atoms with Crippen LogP contribution in [0.2, 0.25) is 0 Å². The molecule has 0 radical (unpaired) electrons. The van der Waals surface area contributed by atoms with Gasteiger partial charge in [0.05, 0.1) is 6.33 Å². The number of carboxylic acids is 1. The van der Waals surface area contributed by atoms with E-state index >= 15 is 0 Å². The lowest BCUT2D eigenvalue weighted by atomic mass is 10.1. The van der Waals surface area contributed by atoms with Crippen LogP contribution in [0.4, 0.5) is 5.82 Å². The normalized spacial score (nSPS) is 13.1. The Balaban J connectivity index is 1.65. The van der Waals surface area contributed by atoms with E-state index in [1.807, 2.05) is 10.8 Å². The number of aromatic nitrogens is 3. The Bertz CT molecular complexity index is 637. The van der Waals surface area contributed by atoms with Gasteiger partial charge in [0.15, 0.2) is 0 Å². The largest absolute Gasteiger partial charge is 0.478 e. The van der Waals surface area contributed by atoms with Gasteiger partial charge in [0.1, 0.15) is 11.4 Å². The molecule has 21 heavy (non-hydrogen) atoms. The summed E-state index contributed by atoms with van der Waals surface area (Å²) in [5.41, 5.74) is 2.40. The van der Waals surface area contributed by atoms with E-state index in [1.54, 1.807) is 18.6 Å². The van der Waals surface area contributed by atoms with Crippen LogP contribution in [0.1, 0.15) is 34.5 Å². The molecule has 2 aromatic heterocycles. The lowest BCUT2D eigenvalue weighted by Gasteiger charge is -2.11. The van der Waals surface area contributed by atoms with E-state index in [2.05, 4.69) is 15.3 Å². The van der Waals surface area contributed by atoms with E-state index in [4.69, 9.17) is 0 Å². The smallest absolute Gasteiger partial charge is 0.339 e. The van der Waals surface area contributed by atoms with Crippen molar-refractivity contribution in [1.29, 1.82) is 0 Å². The third-order valence-electron chi connectivity index (χ3n) is 3.73. The maximum Gasteiger partial charge on any atom is 0.339 e. The monoisotopic (exact) mass is 286 g/mol. The molecule has 6 heteroatoms. The molecule has 0 unspecified atom stereocenters. The molecule has 1 aliphatic carbocycles. The molecule has 0 aromatic carbocycles.